The van der Waals surface area contributed by atoms with Crippen LogP contribution >= 0.6 is 0 Å². The average Bonchev–Trinajstić information content (AvgIpc) is 2.81. The first kappa shape index (κ1) is 22.1. The molecular weight excluding hydrogens is 404 g/mol. The average molecular weight is 426 g/mol. The van der Waals surface area contributed by atoms with Crippen LogP contribution in [0, 0.1) is 22.7 Å². The van der Waals surface area contributed by atoms with Crippen molar-refractivity contribution in [3.63, 3.8) is 0 Å². The van der Waals surface area contributed by atoms with Gasteiger partial charge in [0.15, 0.2) is 0 Å². The molecule has 32 heavy (non-hydrogen) atoms. The molecule has 0 saturated carbocycles. The molecule has 0 unspecified atom stereocenters. The van der Waals surface area contributed by atoms with Crippen LogP contribution in [0.1, 0.15) is 19.4 Å². The molecule has 2 N–H and O–H groups in total. The number of hydrogen-bond donors (Lipinski definition) is 2. The molecule has 0 aliphatic heterocycles. The Morgan fingerprint density at radius 2 is 1.31 bits per heavy atom. The molecule has 8 nitrogen and oxygen atoms in total. The molecule has 0 saturated heterocycles. The number of nitrogens with zero attached hydrogens (tertiary/aromatic N) is 4. The van der Waals surface area contributed by atoms with Crippen molar-refractivity contribution in [2.45, 2.75) is 13.8 Å². The van der Waals surface area contributed by atoms with Crippen LogP contribution < -0.4 is 20.1 Å². The van der Waals surface area contributed by atoms with Crippen LogP contribution in [-0.4, -0.2) is 23.2 Å². The minimum atomic E-state index is -0.0814. The molecule has 3 rings (SSSR count). The zero-order valence-electron chi connectivity index (χ0n) is 17.8. The van der Waals surface area contributed by atoms with Gasteiger partial charge in [-0.1, -0.05) is 24.3 Å². The number of hydrogen-bond acceptors (Lipinski definition) is 8. The largest absolute Gasteiger partial charge is 0.492 e. The summed E-state index contributed by atoms with van der Waals surface area (Å²) >= 11 is 0. The van der Waals surface area contributed by atoms with Gasteiger partial charge in [-0.05, 0) is 44.2 Å². The Balaban J connectivity index is 2.09. The van der Waals surface area contributed by atoms with E-state index in [2.05, 4.69) is 20.6 Å². The second-order valence-electron chi connectivity index (χ2n) is 6.37. The van der Waals surface area contributed by atoms with Crippen LogP contribution in [0.25, 0.3) is 6.08 Å². The van der Waals surface area contributed by atoms with Gasteiger partial charge < -0.3 is 20.1 Å². The van der Waals surface area contributed by atoms with Gasteiger partial charge in [0.05, 0.1) is 30.2 Å². The molecule has 0 fully saturated rings. The Bertz CT molecular complexity index is 1110. The lowest BCUT2D eigenvalue weighted by Gasteiger charge is -2.17. The smallest absolute Gasteiger partial charge is 0.143 e. The lowest BCUT2D eigenvalue weighted by Crippen LogP contribution is -2.05. The molecule has 0 amide bonds. The van der Waals surface area contributed by atoms with Crippen LogP contribution in [0.3, 0.4) is 0 Å². The highest BCUT2D eigenvalue weighted by atomic mass is 16.5. The predicted molar refractivity (Wildman–Crippen MR) is 123 cm³/mol. The first-order valence-corrected chi connectivity index (χ1v) is 10.0. The van der Waals surface area contributed by atoms with Crippen molar-refractivity contribution in [1.82, 2.24) is 9.97 Å². The van der Waals surface area contributed by atoms with Crippen molar-refractivity contribution in [2.75, 3.05) is 23.8 Å². The fourth-order valence-corrected chi connectivity index (χ4v) is 2.92. The molecule has 1 heterocycles. The molecule has 2 aromatic carbocycles. The van der Waals surface area contributed by atoms with Crippen molar-refractivity contribution in [3.05, 3.63) is 66.0 Å². The van der Waals surface area contributed by atoms with Gasteiger partial charge in [0, 0.05) is 0 Å². The van der Waals surface area contributed by atoms with E-state index in [4.69, 9.17) is 9.47 Å². The third-order valence-electron chi connectivity index (χ3n) is 4.29. The highest BCUT2D eigenvalue weighted by Crippen LogP contribution is 2.34. The highest BCUT2D eigenvalue weighted by molar-refractivity contribution is 5.83. The van der Waals surface area contributed by atoms with E-state index in [9.17, 15) is 10.5 Å². The summed E-state index contributed by atoms with van der Waals surface area (Å²) in [4.78, 5) is 8.69. The summed E-state index contributed by atoms with van der Waals surface area (Å²) in [6.45, 7) is 4.81. The minimum Gasteiger partial charge on any atom is -0.492 e. The number of anilines is 4. The van der Waals surface area contributed by atoms with Crippen molar-refractivity contribution in [2.24, 2.45) is 0 Å². The van der Waals surface area contributed by atoms with E-state index in [1.54, 1.807) is 0 Å². The number of aromatic nitrogens is 2. The topological polar surface area (TPSA) is 116 Å². The van der Waals surface area contributed by atoms with Gasteiger partial charge in [-0.25, -0.2) is 9.97 Å². The van der Waals surface area contributed by atoms with Crippen LogP contribution in [0.2, 0.25) is 0 Å². The fraction of sp³-hybridized carbons (Fsp3) is 0.167. The van der Waals surface area contributed by atoms with E-state index in [1.165, 1.54) is 12.4 Å². The van der Waals surface area contributed by atoms with Gasteiger partial charge in [0.2, 0.25) is 0 Å². The van der Waals surface area contributed by atoms with Crippen LogP contribution in [0.4, 0.5) is 23.0 Å². The lowest BCUT2D eigenvalue weighted by atomic mass is 10.1. The number of ether oxygens (including phenoxy) is 2. The van der Waals surface area contributed by atoms with Gasteiger partial charge in [0.1, 0.15) is 47.2 Å². The van der Waals surface area contributed by atoms with Gasteiger partial charge >= 0.3 is 0 Å². The number of para-hydroxylation sites is 4. The summed E-state index contributed by atoms with van der Waals surface area (Å²) in [6.07, 6.45) is 2.84. The van der Waals surface area contributed by atoms with E-state index in [-0.39, 0.29) is 5.57 Å². The van der Waals surface area contributed by atoms with Gasteiger partial charge in [0.25, 0.3) is 0 Å². The number of benzene rings is 2. The first-order chi connectivity index (χ1) is 15.7. The van der Waals surface area contributed by atoms with E-state index < -0.39 is 0 Å². The van der Waals surface area contributed by atoms with Crippen molar-refractivity contribution in [3.8, 4) is 23.6 Å². The molecule has 160 valence electrons. The monoisotopic (exact) mass is 426 g/mol. The number of rotatable bonds is 9. The summed E-state index contributed by atoms with van der Waals surface area (Å²) in [5.74, 6) is 2.12. The van der Waals surface area contributed by atoms with Gasteiger partial charge in [-0.3, -0.25) is 0 Å². The van der Waals surface area contributed by atoms with Crippen LogP contribution in [-0.2, 0) is 0 Å². The van der Waals surface area contributed by atoms with Crippen molar-refractivity contribution in [1.29, 1.82) is 10.5 Å². The summed E-state index contributed by atoms with van der Waals surface area (Å²) in [7, 11) is 0. The molecule has 8 heteroatoms. The maximum Gasteiger partial charge on any atom is 0.143 e. The number of nitrogens with one attached hydrogen (secondary N) is 2. The maximum atomic E-state index is 9.31. The predicted octanol–water partition coefficient (Wildman–Crippen LogP) is 5.19. The molecule has 3 aromatic rings. The van der Waals surface area contributed by atoms with Crippen molar-refractivity contribution >= 4 is 29.1 Å². The Morgan fingerprint density at radius 3 is 1.75 bits per heavy atom. The minimum absolute atomic E-state index is 0.0814. The molecule has 0 aliphatic rings. The molecule has 0 bridgehead atoms. The second kappa shape index (κ2) is 11.0. The van der Waals surface area contributed by atoms with E-state index in [0.29, 0.717) is 53.3 Å². The molecule has 1 aromatic heterocycles. The zero-order chi connectivity index (χ0) is 22.8. The van der Waals surface area contributed by atoms with Crippen molar-refractivity contribution < 1.29 is 9.47 Å². The van der Waals surface area contributed by atoms with Gasteiger partial charge in [-0.2, -0.15) is 10.5 Å². The zero-order valence-corrected chi connectivity index (χ0v) is 17.8. The van der Waals surface area contributed by atoms with E-state index >= 15 is 0 Å². The summed E-state index contributed by atoms with van der Waals surface area (Å²) in [5, 5.41) is 25.1. The van der Waals surface area contributed by atoms with Gasteiger partial charge in [-0.15, -0.1) is 0 Å². The van der Waals surface area contributed by atoms with Crippen LogP contribution in [0.5, 0.6) is 11.5 Å². The normalized spacial score (nSPS) is 9.75. The summed E-state index contributed by atoms with van der Waals surface area (Å²) in [6, 6.07) is 18.7. The first-order valence-electron chi connectivity index (χ1n) is 10.0. The number of nitriles is 2. The fourth-order valence-electron chi connectivity index (χ4n) is 2.92. The number of allylic oxidation sites excluding steroid dienone is 1. The molecule has 0 spiro atoms. The SMILES string of the molecule is CCOc1ccccc1Nc1ncnc(Nc2ccccc2OCC)c1C=C(C#N)C#N. The Kier molecular flexibility index (Phi) is 7.61. The summed E-state index contributed by atoms with van der Waals surface area (Å²) in [5.41, 5.74) is 1.75. The van der Waals surface area contributed by atoms with E-state index in [1.807, 2.05) is 74.5 Å². The second-order valence-corrected chi connectivity index (χ2v) is 6.37. The van der Waals surface area contributed by atoms with Crippen LogP contribution in [0.15, 0.2) is 60.4 Å². The highest BCUT2D eigenvalue weighted by Gasteiger charge is 2.15. The summed E-state index contributed by atoms with van der Waals surface area (Å²) < 4.78 is 11.4. The Hall–Kier alpha value is -4.56. The molecule has 0 aliphatic carbocycles. The standard InChI is InChI=1S/C24H22N6O2/c1-3-31-21-11-7-5-9-19(21)29-23-18(13-17(14-25)15-26)24(28-16-27-23)30-20-10-6-8-12-22(20)32-4-2/h5-13,16H,3-4H2,1-2H3,(H2,27,28,29,30). The molecule has 0 radical (unpaired) electrons. The Labute approximate surface area is 186 Å². The third-order valence-corrected chi connectivity index (χ3v) is 4.29. The maximum absolute atomic E-state index is 9.31. The third kappa shape index (κ3) is 5.32. The molecular formula is C24H22N6O2. The Morgan fingerprint density at radius 1 is 0.844 bits per heavy atom. The molecule has 0 atom stereocenters. The van der Waals surface area contributed by atoms with E-state index in [0.717, 1.165) is 0 Å². The lowest BCUT2D eigenvalue weighted by molar-refractivity contribution is 0.342. The quantitative estimate of drug-likeness (QED) is 0.449.